The molecule has 0 aromatic heterocycles. The van der Waals surface area contributed by atoms with E-state index in [1.54, 1.807) is 12.1 Å². The van der Waals surface area contributed by atoms with Crippen molar-refractivity contribution in [2.75, 3.05) is 6.54 Å². The van der Waals surface area contributed by atoms with E-state index in [2.05, 4.69) is 13.8 Å². The van der Waals surface area contributed by atoms with Crippen molar-refractivity contribution in [1.29, 1.82) is 0 Å². The molecule has 4 heteroatoms. The highest BCUT2D eigenvalue weighted by molar-refractivity contribution is 7.92. The van der Waals surface area contributed by atoms with Gasteiger partial charge in [0.05, 0.1) is 10.1 Å². The molecule has 0 aliphatic heterocycles. The van der Waals surface area contributed by atoms with Gasteiger partial charge in [-0.1, -0.05) is 32.9 Å². The fourth-order valence-corrected chi connectivity index (χ4v) is 3.78. The zero-order valence-electron chi connectivity index (χ0n) is 11.4. The topological polar surface area (TPSA) is 60.2 Å². The number of sulfone groups is 1. The third-order valence-electron chi connectivity index (χ3n) is 3.26. The van der Waals surface area contributed by atoms with E-state index in [1.165, 1.54) is 0 Å². The Labute approximate surface area is 110 Å². The van der Waals surface area contributed by atoms with Crippen LogP contribution in [0.5, 0.6) is 0 Å². The van der Waals surface area contributed by atoms with Crippen LogP contribution in [0.3, 0.4) is 0 Å². The molecule has 0 aliphatic rings. The minimum Gasteiger partial charge on any atom is -0.330 e. The molecule has 1 rings (SSSR count). The lowest BCUT2D eigenvalue weighted by atomic mass is 10.0. The van der Waals surface area contributed by atoms with Crippen molar-refractivity contribution >= 4 is 9.84 Å². The Balaban J connectivity index is 3.04. The molecule has 0 heterocycles. The standard InChI is InChI=1S/C14H23NO2S/c1-4-13(9-10-15)18(16,17)14-7-5-12(6-8-14)11(2)3/h5-8,11,13H,4,9-10,15H2,1-3H3. The fourth-order valence-electron chi connectivity index (χ4n) is 2.00. The Morgan fingerprint density at radius 3 is 2.11 bits per heavy atom. The second-order valence-electron chi connectivity index (χ2n) is 4.88. The van der Waals surface area contributed by atoms with Gasteiger partial charge < -0.3 is 5.73 Å². The third kappa shape index (κ3) is 3.33. The number of hydrogen-bond donors (Lipinski definition) is 1. The number of hydrogen-bond acceptors (Lipinski definition) is 3. The molecule has 0 fully saturated rings. The van der Waals surface area contributed by atoms with Crippen molar-refractivity contribution in [2.45, 2.75) is 49.7 Å². The fraction of sp³-hybridized carbons (Fsp3) is 0.571. The van der Waals surface area contributed by atoms with Crippen molar-refractivity contribution in [3.05, 3.63) is 29.8 Å². The van der Waals surface area contributed by atoms with Crippen LogP contribution in [0.15, 0.2) is 29.2 Å². The van der Waals surface area contributed by atoms with Gasteiger partial charge in [0.25, 0.3) is 0 Å². The van der Waals surface area contributed by atoms with E-state index < -0.39 is 9.84 Å². The average Bonchev–Trinajstić information content (AvgIpc) is 2.35. The van der Waals surface area contributed by atoms with Gasteiger partial charge in [-0.05, 0) is 43.0 Å². The Morgan fingerprint density at radius 1 is 1.17 bits per heavy atom. The molecule has 1 aromatic rings. The molecule has 102 valence electrons. The molecule has 0 radical (unpaired) electrons. The predicted octanol–water partition coefficient (Wildman–Crippen LogP) is 2.71. The molecule has 0 bridgehead atoms. The first kappa shape index (κ1) is 15.2. The van der Waals surface area contributed by atoms with Gasteiger partial charge in [-0.15, -0.1) is 0 Å². The monoisotopic (exact) mass is 269 g/mol. The molecule has 18 heavy (non-hydrogen) atoms. The normalized spacial score (nSPS) is 13.8. The van der Waals surface area contributed by atoms with Crippen LogP contribution in [-0.2, 0) is 9.84 Å². The smallest absolute Gasteiger partial charge is 0.181 e. The first-order chi connectivity index (χ1) is 8.43. The van der Waals surface area contributed by atoms with E-state index in [9.17, 15) is 8.42 Å². The van der Waals surface area contributed by atoms with E-state index in [0.29, 0.717) is 30.2 Å². The number of benzene rings is 1. The van der Waals surface area contributed by atoms with Crippen molar-refractivity contribution in [2.24, 2.45) is 5.73 Å². The summed E-state index contributed by atoms with van der Waals surface area (Å²) in [5, 5.41) is -0.368. The first-order valence-electron chi connectivity index (χ1n) is 6.47. The quantitative estimate of drug-likeness (QED) is 0.863. The molecular weight excluding hydrogens is 246 g/mol. The van der Waals surface area contributed by atoms with Gasteiger partial charge in [0.2, 0.25) is 0 Å². The average molecular weight is 269 g/mol. The molecule has 0 saturated carbocycles. The van der Waals surface area contributed by atoms with Crippen LogP contribution in [0.2, 0.25) is 0 Å². The third-order valence-corrected chi connectivity index (χ3v) is 5.63. The minimum atomic E-state index is -3.24. The molecule has 0 saturated heterocycles. The summed E-state index contributed by atoms with van der Waals surface area (Å²) >= 11 is 0. The highest BCUT2D eigenvalue weighted by Crippen LogP contribution is 2.23. The van der Waals surface area contributed by atoms with Crippen LogP contribution in [0.4, 0.5) is 0 Å². The number of nitrogens with two attached hydrogens (primary N) is 1. The molecule has 1 atom stereocenters. The summed E-state index contributed by atoms with van der Waals surface area (Å²) in [4.78, 5) is 0.409. The maximum atomic E-state index is 12.4. The van der Waals surface area contributed by atoms with Crippen LogP contribution in [-0.4, -0.2) is 20.2 Å². The predicted molar refractivity (Wildman–Crippen MR) is 75.5 cm³/mol. The van der Waals surface area contributed by atoms with Crippen LogP contribution in [0.25, 0.3) is 0 Å². The zero-order valence-corrected chi connectivity index (χ0v) is 12.2. The van der Waals surface area contributed by atoms with Gasteiger partial charge in [-0.3, -0.25) is 0 Å². The van der Waals surface area contributed by atoms with Crippen molar-refractivity contribution in [1.82, 2.24) is 0 Å². The lowest BCUT2D eigenvalue weighted by molar-refractivity contribution is 0.567. The van der Waals surface area contributed by atoms with Crippen LogP contribution in [0.1, 0.15) is 45.1 Å². The lowest BCUT2D eigenvalue weighted by Crippen LogP contribution is -2.24. The first-order valence-corrected chi connectivity index (χ1v) is 8.02. The van der Waals surface area contributed by atoms with Gasteiger partial charge in [-0.25, -0.2) is 8.42 Å². The Morgan fingerprint density at radius 2 is 1.72 bits per heavy atom. The maximum Gasteiger partial charge on any atom is 0.181 e. The Hall–Kier alpha value is -0.870. The highest BCUT2D eigenvalue weighted by Gasteiger charge is 2.25. The number of rotatable bonds is 6. The van der Waals surface area contributed by atoms with Crippen molar-refractivity contribution < 1.29 is 8.42 Å². The van der Waals surface area contributed by atoms with E-state index in [-0.39, 0.29) is 5.25 Å². The zero-order chi connectivity index (χ0) is 13.8. The summed E-state index contributed by atoms with van der Waals surface area (Å²) in [6, 6.07) is 7.22. The summed E-state index contributed by atoms with van der Waals surface area (Å²) < 4.78 is 24.8. The minimum absolute atomic E-state index is 0.368. The summed E-state index contributed by atoms with van der Waals surface area (Å²) in [5.74, 6) is 0.410. The molecule has 0 amide bonds. The molecule has 3 nitrogen and oxygen atoms in total. The van der Waals surface area contributed by atoms with Crippen LogP contribution in [0, 0.1) is 0 Å². The van der Waals surface area contributed by atoms with E-state index >= 15 is 0 Å². The molecule has 0 aliphatic carbocycles. The molecule has 1 unspecified atom stereocenters. The summed E-state index contributed by atoms with van der Waals surface area (Å²) in [6.45, 7) is 6.47. The second-order valence-corrected chi connectivity index (χ2v) is 7.10. The summed E-state index contributed by atoms with van der Waals surface area (Å²) in [6.07, 6.45) is 1.12. The largest absolute Gasteiger partial charge is 0.330 e. The molecule has 1 aromatic carbocycles. The molecular formula is C14H23NO2S. The Kier molecular flexibility index (Phi) is 5.35. The molecule has 2 N–H and O–H groups in total. The van der Waals surface area contributed by atoms with Gasteiger partial charge in [0.15, 0.2) is 9.84 Å². The van der Waals surface area contributed by atoms with Gasteiger partial charge in [0.1, 0.15) is 0 Å². The second kappa shape index (κ2) is 6.34. The Bertz CT molecular complexity index is 463. The molecule has 0 spiro atoms. The maximum absolute atomic E-state index is 12.4. The SMILES string of the molecule is CCC(CCN)S(=O)(=O)c1ccc(C(C)C)cc1. The summed E-state index contributed by atoms with van der Waals surface area (Å²) in [7, 11) is -3.24. The lowest BCUT2D eigenvalue weighted by Gasteiger charge is -2.15. The van der Waals surface area contributed by atoms with Gasteiger partial charge in [-0.2, -0.15) is 0 Å². The van der Waals surface area contributed by atoms with Crippen LogP contribution >= 0.6 is 0 Å². The summed E-state index contributed by atoms with van der Waals surface area (Å²) in [5.41, 5.74) is 6.63. The van der Waals surface area contributed by atoms with Gasteiger partial charge in [0, 0.05) is 0 Å². The highest BCUT2D eigenvalue weighted by atomic mass is 32.2. The van der Waals surface area contributed by atoms with Crippen molar-refractivity contribution in [3.63, 3.8) is 0 Å². The van der Waals surface area contributed by atoms with E-state index in [0.717, 1.165) is 5.56 Å². The van der Waals surface area contributed by atoms with Crippen LogP contribution < -0.4 is 5.73 Å². The van der Waals surface area contributed by atoms with E-state index in [1.807, 2.05) is 19.1 Å². The van der Waals surface area contributed by atoms with Gasteiger partial charge >= 0.3 is 0 Å². The van der Waals surface area contributed by atoms with E-state index in [4.69, 9.17) is 5.73 Å². The van der Waals surface area contributed by atoms with Crippen molar-refractivity contribution in [3.8, 4) is 0 Å².